The molecule has 2 nitrogen and oxygen atoms in total. The van der Waals surface area contributed by atoms with Crippen molar-refractivity contribution in [3.8, 4) is 0 Å². The zero-order chi connectivity index (χ0) is 20.5. The number of nitrogens with zero attached hydrogens (tertiary/aromatic N) is 1. The van der Waals surface area contributed by atoms with Gasteiger partial charge in [-0.1, -0.05) is 85.9 Å². The van der Waals surface area contributed by atoms with Crippen LogP contribution < -0.4 is 4.30 Å². The quantitative estimate of drug-likeness (QED) is 0.298. The summed E-state index contributed by atoms with van der Waals surface area (Å²) < 4.78 is 3.80. The minimum atomic E-state index is -1.02. The van der Waals surface area contributed by atoms with Gasteiger partial charge in [-0.15, -0.1) is 0 Å². The van der Waals surface area contributed by atoms with Crippen LogP contribution in [0, 0.1) is 0 Å². The first-order valence-electron chi connectivity index (χ1n) is 10.7. The van der Waals surface area contributed by atoms with E-state index in [0.717, 1.165) is 12.1 Å². The van der Waals surface area contributed by atoms with Gasteiger partial charge in [0.15, 0.2) is 0 Å². The Balaban J connectivity index is 1.67. The number of rotatable bonds is 9. The molecule has 148 valence electrons. The van der Waals surface area contributed by atoms with E-state index in [-0.39, 0.29) is 0 Å². The molecule has 3 rings (SSSR count). The van der Waals surface area contributed by atoms with Gasteiger partial charge in [0.2, 0.25) is 0 Å². The maximum atomic E-state index is 4.77. The van der Waals surface area contributed by atoms with Gasteiger partial charge in [0.1, 0.15) is 0 Å². The monoisotopic (exact) mass is 398 g/mol. The summed E-state index contributed by atoms with van der Waals surface area (Å²) >= 11 is -1.02. The molecule has 0 amide bonds. The van der Waals surface area contributed by atoms with E-state index in [1.165, 1.54) is 32.9 Å². The molecule has 29 heavy (non-hydrogen) atoms. The molecule has 0 spiro atoms. The van der Waals surface area contributed by atoms with Gasteiger partial charge >= 0.3 is 14.4 Å². The predicted octanol–water partition coefficient (Wildman–Crippen LogP) is 7.23. The van der Waals surface area contributed by atoms with Gasteiger partial charge in [0, 0.05) is 11.9 Å². The third-order valence-corrected chi connectivity index (χ3v) is 8.06. The van der Waals surface area contributed by atoms with E-state index in [1.54, 1.807) is 0 Å². The highest BCUT2D eigenvalue weighted by Crippen LogP contribution is 2.21. The number of benzene rings is 3. The second-order valence-electron chi connectivity index (χ2n) is 7.86. The van der Waals surface area contributed by atoms with Crippen molar-refractivity contribution in [2.24, 2.45) is 4.99 Å². The molecule has 0 aliphatic carbocycles. The molecule has 1 N–H and O–H groups in total. The molecule has 0 saturated heterocycles. The number of hydrogen-bond donors (Lipinski definition) is 1. The van der Waals surface area contributed by atoms with Gasteiger partial charge in [-0.3, -0.25) is 4.99 Å². The molecule has 0 aliphatic rings. The average molecular weight is 399 g/mol. The van der Waals surface area contributed by atoms with Crippen LogP contribution in [0.15, 0.2) is 83.9 Å². The molecule has 0 aliphatic heterocycles. The summed E-state index contributed by atoms with van der Waals surface area (Å²) in [6.07, 6.45) is 3.13. The van der Waals surface area contributed by atoms with Gasteiger partial charge in [0.25, 0.3) is 0 Å². The van der Waals surface area contributed by atoms with Crippen molar-refractivity contribution in [1.82, 2.24) is 0 Å². The fourth-order valence-corrected chi connectivity index (χ4v) is 5.55. The fraction of sp³-hybridized carbons (Fsp3) is 0.269. The Morgan fingerprint density at radius 1 is 0.931 bits per heavy atom. The van der Waals surface area contributed by atoms with Gasteiger partial charge in [-0.05, 0) is 53.3 Å². The maximum absolute atomic E-state index is 4.77. The molecule has 0 aromatic heterocycles. The van der Waals surface area contributed by atoms with E-state index in [9.17, 15) is 0 Å². The number of anilines is 1. The second-order valence-corrected chi connectivity index (χ2v) is 10.9. The van der Waals surface area contributed by atoms with Gasteiger partial charge in [0.05, 0.1) is 5.69 Å². The first-order chi connectivity index (χ1) is 14.2. The molecule has 3 heteroatoms. The van der Waals surface area contributed by atoms with Crippen molar-refractivity contribution in [2.45, 2.75) is 43.7 Å². The number of aliphatic imine (C=N–C) groups is 1. The molecule has 3 aromatic carbocycles. The molecule has 0 atom stereocenters. The van der Waals surface area contributed by atoms with Crippen molar-refractivity contribution in [3.05, 3.63) is 95.6 Å². The van der Waals surface area contributed by atoms with Crippen molar-refractivity contribution >= 4 is 32.0 Å². The molecule has 0 fully saturated rings. The topological polar surface area (TPSA) is 24.4 Å². The molecule has 0 bridgehead atoms. The highest BCUT2D eigenvalue weighted by atomic mass is 27.2. The minimum Gasteiger partial charge on any atom is -0.476 e. The summed E-state index contributed by atoms with van der Waals surface area (Å²) in [5, 5.41) is 2.48. The Morgan fingerprint density at radius 2 is 1.69 bits per heavy atom. The number of para-hydroxylation sites is 1. The largest absolute Gasteiger partial charge is 0.476 e. The summed E-state index contributed by atoms with van der Waals surface area (Å²) in [7, 11) is 0. The molecule has 3 aromatic rings. The lowest BCUT2D eigenvalue weighted by molar-refractivity contribution is 0.867. The van der Waals surface area contributed by atoms with Crippen molar-refractivity contribution < 1.29 is 0 Å². The Labute approximate surface area is 180 Å². The lowest BCUT2D eigenvalue weighted by atomic mass is 10.0. The summed E-state index contributed by atoms with van der Waals surface area (Å²) in [5.41, 5.74) is 6.23. The highest BCUT2D eigenvalue weighted by Gasteiger charge is 2.16. The first-order valence-corrected chi connectivity index (χ1v) is 12.9. The minimum absolute atomic E-state index is 0.519. The summed E-state index contributed by atoms with van der Waals surface area (Å²) in [4.78, 5) is 4.77. The number of aryl methyl sites for hydroxylation is 1. The molecule has 0 radical (unpaired) electrons. The van der Waals surface area contributed by atoms with Crippen molar-refractivity contribution in [2.75, 3.05) is 4.30 Å². The van der Waals surface area contributed by atoms with Gasteiger partial charge in [-0.25, -0.2) is 0 Å². The summed E-state index contributed by atoms with van der Waals surface area (Å²) in [6, 6.07) is 27.8. The fourth-order valence-electron chi connectivity index (χ4n) is 3.47. The first kappa shape index (κ1) is 21.4. The maximum Gasteiger partial charge on any atom is 0.411 e. The van der Waals surface area contributed by atoms with Crippen LogP contribution in [-0.2, 0) is 6.42 Å². The van der Waals surface area contributed by atoms with Crippen LogP contribution in [0.1, 0.15) is 43.4 Å². The third-order valence-electron chi connectivity index (χ3n) is 5.34. The van der Waals surface area contributed by atoms with Crippen LogP contribution in [-0.4, -0.2) is 20.6 Å². The Bertz CT molecular complexity index is 919. The van der Waals surface area contributed by atoms with Crippen molar-refractivity contribution in [1.29, 1.82) is 0 Å². The van der Waals surface area contributed by atoms with E-state index in [1.807, 2.05) is 6.21 Å². The molecule has 0 saturated carbocycles. The molecule has 0 heterocycles. The lowest BCUT2D eigenvalue weighted by Crippen LogP contribution is -2.24. The Morgan fingerprint density at radius 3 is 2.45 bits per heavy atom. The highest BCUT2D eigenvalue weighted by molar-refractivity contribution is 6.62. The van der Waals surface area contributed by atoms with E-state index in [2.05, 4.69) is 104 Å². The zero-order valence-corrected chi connectivity index (χ0v) is 19.0. The number of nitrogens with one attached hydrogen (secondary N) is 1. The summed E-state index contributed by atoms with van der Waals surface area (Å²) in [6.45, 7) is 6.74. The predicted molar refractivity (Wildman–Crippen MR) is 129 cm³/mol. The normalized spacial score (nSPS) is 11.2. The van der Waals surface area contributed by atoms with Crippen LogP contribution in [0.3, 0.4) is 0 Å². The van der Waals surface area contributed by atoms with Crippen LogP contribution >= 0.6 is 0 Å². The van der Waals surface area contributed by atoms with Crippen LogP contribution in [0.5, 0.6) is 0 Å². The smallest absolute Gasteiger partial charge is 0.411 e. The Kier molecular flexibility index (Phi) is 8.11. The molecule has 0 unspecified atom stereocenters. The molecular weight excluding hydrogens is 367 g/mol. The second kappa shape index (κ2) is 11.0. The van der Waals surface area contributed by atoms with Gasteiger partial charge < -0.3 is 4.30 Å². The van der Waals surface area contributed by atoms with E-state index < -0.39 is 14.4 Å². The standard InChI is InChI=1S/C18H20N.C6H6N.C2H5.Al/c1-4-15-8-5-6-9-17(15)13-19-18-11-7-10-16(12-18)14(2)3;7-6-4-2-1-3-5-6;1-2;/h5-14H,1,4H2,2-3H3;1-5,7H;1H2,2H3;/q;-1;;+1. The van der Waals surface area contributed by atoms with Crippen molar-refractivity contribution in [3.63, 3.8) is 0 Å². The average Bonchev–Trinajstić information content (AvgIpc) is 2.76. The van der Waals surface area contributed by atoms with Crippen LogP contribution in [0.4, 0.5) is 11.4 Å². The third kappa shape index (κ3) is 6.60. The van der Waals surface area contributed by atoms with E-state index >= 15 is 0 Å². The Hall–Kier alpha value is -2.34. The van der Waals surface area contributed by atoms with Gasteiger partial charge in [-0.2, -0.15) is 0 Å². The number of hydrogen-bond acceptors (Lipinski definition) is 2. The SMILES string of the molecule is C[CH2][Al]([CH2]Cc1ccccc1C=Nc1cccc(C(C)C)c1)[NH]c1ccccc1. The zero-order valence-electron chi connectivity index (χ0n) is 17.8. The van der Waals surface area contributed by atoms with Crippen LogP contribution in [0.2, 0.25) is 10.6 Å². The summed E-state index contributed by atoms with van der Waals surface area (Å²) in [5.74, 6) is 0.519. The lowest BCUT2D eigenvalue weighted by Gasteiger charge is -2.14. The van der Waals surface area contributed by atoms with E-state index in [0.29, 0.717) is 5.92 Å². The van der Waals surface area contributed by atoms with E-state index in [4.69, 9.17) is 4.99 Å². The molecular formula is C26H31AlN2. The van der Waals surface area contributed by atoms with Crippen LogP contribution in [0.25, 0.3) is 0 Å².